The van der Waals surface area contributed by atoms with E-state index in [1.165, 1.54) is 0 Å². The van der Waals surface area contributed by atoms with Crippen molar-refractivity contribution in [1.29, 1.82) is 0 Å². The predicted molar refractivity (Wildman–Crippen MR) is 90.3 cm³/mol. The van der Waals surface area contributed by atoms with E-state index in [0.717, 1.165) is 22.5 Å². The lowest BCUT2D eigenvalue weighted by molar-refractivity contribution is 0.680. The first-order chi connectivity index (χ1) is 10.2. The maximum absolute atomic E-state index is 5.33. The number of H-pyrrole nitrogens is 1. The minimum atomic E-state index is 0.00103. The first kappa shape index (κ1) is 13.6. The number of anilines is 1. The smallest absolute Gasteiger partial charge is 0.171 e. The van der Waals surface area contributed by atoms with Gasteiger partial charge >= 0.3 is 0 Å². The number of nitrogens with one attached hydrogen (secondary N) is 3. The number of aromatic nitrogens is 2. The van der Waals surface area contributed by atoms with Gasteiger partial charge in [-0.05, 0) is 43.4 Å². The molecule has 1 aromatic heterocycles. The summed E-state index contributed by atoms with van der Waals surface area (Å²) in [4.78, 5) is 7.87. The van der Waals surface area contributed by atoms with Crippen molar-refractivity contribution >= 4 is 34.1 Å². The van der Waals surface area contributed by atoms with Crippen LogP contribution in [0.15, 0.2) is 54.6 Å². The lowest BCUT2D eigenvalue weighted by atomic mass is 10.3. The van der Waals surface area contributed by atoms with E-state index in [2.05, 4.69) is 20.6 Å². The zero-order valence-electron chi connectivity index (χ0n) is 11.6. The third-order valence-corrected chi connectivity index (χ3v) is 3.42. The van der Waals surface area contributed by atoms with Crippen LogP contribution in [-0.2, 0) is 0 Å². The van der Waals surface area contributed by atoms with E-state index >= 15 is 0 Å². The fourth-order valence-corrected chi connectivity index (χ4v) is 2.43. The Morgan fingerprint density at radius 3 is 2.57 bits per heavy atom. The molecule has 3 rings (SSSR count). The summed E-state index contributed by atoms with van der Waals surface area (Å²) in [5.41, 5.74) is 2.96. The van der Waals surface area contributed by atoms with Gasteiger partial charge in [0.2, 0.25) is 0 Å². The van der Waals surface area contributed by atoms with Gasteiger partial charge in [-0.15, -0.1) is 0 Å². The predicted octanol–water partition coefficient (Wildman–Crippen LogP) is 3.61. The van der Waals surface area contributed by atoms with Crippen LogP contribution >= 0.6 is 12.2 Å². The summed E-state index contributed by atoms with van der Waals surface area (Å²) in [6.45, 7) is 2.02. The fraction of sp³-hybridized carbons (Fsp3) is 0.125. The first-order valence-corrected chi connectivity index (χ1v) is 7.20. The quantitative estimate of drug-likeness (QED) is 0.646. The van der Waals surface area contributed by atoms with Gasteiger partial charge < -0.3 is 15.6 Å². The summed E-state index contributed by atoms with van der Waals surface area (Å²) in [6.07, 6.45) is 0. The molecule has 21 heavy (non-hydrogen) atoms. The molecular weight excluding hydrogens is 280 g/mol. The highest BCUT2D eigenvalue weighted by Gasteiger charge is 2.11. The highest BCUT2D eigenvalue weighted by Crippen LogP contribution is 2.15. The summed E-state index contributed by atoms with van der Waals surface area (Å²) in [5, 5.41) is 6.97. The summed E-state index contributed by atoms with van der Waals surface area (Å²) in [6, 6.07) is 17.8. The lowest BCUT2D eigenvalue weighted by Crippen LogP contribution is -2.31. The number of rotatable bonds is 3. The molecule has 0 aliphatic carbocycles. The minimum absolute atomic E-state index is 0.00103. The number of nitrogens with zero attached hydrogens (tertiary/aromatic N) is 1. The molecule has 0 unspecified atom stereocenters. The number of benzene rings is 2. The second kappa shape index (κ2) is 5.93. The van der Waals surface area contributed by atoms with Gasteiger partial charge in [0.05, 0.1) is 17.1 Å². The second-order valence-corrected chi connectivity index (χ2v) is 5.23. The van der Waals surface area contributed by atoms with Gasteiger partial charge in [0, 0.05) is 5.69 Å². The van der Waals surface area contributed by atoms with Crippen LogP contribution in [0.1, 0.15) is 18.8 Å². The molecule has 0 amide bonds. The van der Waals surface area contributed by atoms with Gasteiger partial charge in [0.15, 0.2) is 5.11 Å². The number of aromatic amines is 1. The van der Waals surface area contributed by atoms with Gasteiger partial charge in [0.25, 0.3) is 0 Å². The van der Waals surface area contributed by atoms with Crippen molar-refractivity contribution in [2.75, 3.05) is 5.32 Å². The van der Waals surface area contributed by atoms with E-state index in [1.54, 1.807) is 0 Å². The Labute approximate surface area is 128 Å². The molecule has 0 saturated heterocycles. The van der Waals surface area contributed by atoms with E-state index in [9.17, 15) is 0 Å². The van der Waals surface area contributed by atoms with Crippen molar-refractivity contribution in [3.63, 3.8) is 0 Å². The standard InChI is InChI=1S/C16H16N4S/c1-11(15-19-13-9-5-6-10-14(13)20-15)17-16(21)18-12-7-3-2-4-8-12/h2-11H,1H3,(H,19,20)(H2,17,18,21)/t11-/m0/s1. The van der Waals surface area contributed by atoms with Crippen molar-refractivity contribution in [3.05, 3.63) is 60.4 Å². The van der Waals surface area contributed by atoms with Crippen molar-refractivity contribution < 1.29 is 0 Å². The number of thiocarbonyl (C=S) groups is 1. The summed E-state index contributed by atoms with van der Waals surface area (Å²) >= 11 is 5.33. The van der Waals surface area contributed by atoms with Gasteiger partial charge in [-0.3, -0.25) is 0 Å². The van der Waals surface area contributed by atoms with Crippen molar-refractivity contribution in [2.45, 2.75) is 13.0 Å². The molecule has 0 saturated carbocycles. The van der Waals surface area contributed by atoms with Crippen LogP contribution in [0.5, 0.6) is 0 Å². The van der Waals surface area contributed by atoms with Crippen LogP contribution in [0.25, 0.3) is 11.0 Å². The van der Waals surface area contributed by atoms with Gasteiger partial charge in [-0.1, -0.05) is 30.3 Å². The molecule has 5 heteroatoms. The zero-order valence-corrected chi connectivity index (χ0v) is 12.4. The summed E-state index contributed by atoms with van der Waals surface area (Å²) < 4.78 is 0. The largest absolute Gasteiger partial charge is 0.353 e. The third kappa shape index (κ3) is 3.20. The minimum Gasteiger partial charge on any atom is -0.353 e. The van der Waals surface area contributed by atoms with Gasteiger partial charge in [-0.25, -0.2) is 4.98 Å². The van der Waals surface area contributed by atoms with E-state index in [1.807, 2.05) is 61.5 Å². The molecule has 0 spiro atoms. The second-order valence-electron chi connectivity index (χ2n) is 4.83. The van der Waals surface area contributed by atoms with E-state index < -0.39 is 0 Å². The normalized spacial score (nSPS) is 12.0. The average Bonchev–Trinajstić information content (AvgIpc) is 2.92. The molecule has 106 valence electrons. The van der Waals surface area contributed by atoms with E-state index in [0.29, 0.717) is 5.11 Å². The maximum Gasteiger partial charge on any atom is 0.171 e. The van der Waals surface area contributed by atoms with Crippen LogP contribution in [0, 0.1) is 0 Å². The Morgan fingerprint density at radius 2 is 1.81 bits per heavy atom. The number of hydrogen-bond donors (Lipinski definition) is 3. The van der Waals surface area contributed by atoms with Crippen LogP contribution in [0.3, 0.4) is 0 Å². The zero-order chi connectivity index (χ0) is 14.7. The Kier molecular flexibility index (Phi) is 3.83. The number of imidazole rings is 1. The van der Waals surface area contributed by atoms with Crippen LogP contribution in [0.4, 0.5) is 5.69 Å². The molecule has 0 fully saturated rings. The van der Waals surface area contributed by atoms with Crippen LogP contribution < -0.4 is 10.6 Å². The first-order valence-electron chi connectivity index (χ1n) is 6.79. The SMILES string of the molecule is C[C@H](NC(=S)Nc1ccccc1)c1nc2ccccc2[nH]1. The Morgan fingerprint density at radius 1 is 1.10 bits per heavy atom. The molecule has 0 aliphatic rings. The van der Waals surface area contributed by atoms with Crippen LogP contribution in [-0.4, -0.2) is 15.1 Å². The third-order valence-electron chi connectivity index (χ3n) is 3.20. The molecule has 1 atom stereocenters. The van der Waals surface area contributed by atoms with E-state index in [-0.39, 0.29) is 6.04 Å². The highest BCUT2D eigenvalue weighted by molar-refractivity contribution is 7.80. The molecule has 1 heterocycles. The van der Waals surface area contributed by atoms with Crippen molar-refractivity contribution in [1.82, 2.24) is 15.3 Å². The Hall–Kier alpha value is -2.40. The van der Waals surface area contributed by atoms with Gasteiger partial charge in [0.1, 0.15) is 5.82 Å². The van der Waals surface area contributed by atoms with Crippen LogP contribution in [0.2, 0.25) is 0 Å². The molecular formula is C16H16N4S. The fourth-order valence-electron chi connectivity index (χ4n) is 2.13. The summed E-state index contributed by atoms with van der Waals surface area (Å²) in [7, 11) is 0. The van der Waals surface area contributed by atoms with Crippen molar-refractivity contribution in [3.8, 4) is 0 Å². The highest BCUT2D eigenvalue weighted by atomic mass is 32.1. The Bertz CT molecular complexity index is 718. The lowest BCUT2D eigenvalue weighted by Gasteiger charge is -2.15. The molecule has 0 aliphatic heterocycles. The number of hydrogen-bond acceptors (Lipinski definition) is 2. The molecule has 3 aromatic rings. The average molecular weight is 296 g/mol. The topological polar surface area (TPSA) is 52.7 Å². The Balaban J connectivity index is 1.68. The molecule has 0 radical (unpaired) electrons. The molecule has 3 N–H and O–H groups in total. The van der Waals surface area contributed by atoms with E-state index in [4.69, 9.17) is 12.2 Å². The summed E-state index contributed by atoms with van der Waals surface area (Å²) in [5.74, 6) is 0.869. The molecule has 4 nitrogen and oxygen atoms in total. The van der Waals surface area contributed by atoms with Gasteiger partial charge in [-0.2, -0.15) is 0 Å². The van der Waals surface area contributed by atoms with Crippen molar-refractivity contribution in [2.24, 2.45) is 0 Å². The number of para-hydroxylation sites is 3. The monoisotopic (exact) mass is 296 g/mol. The number of fused-ring (bicyclic) bond motifs is 1. The maximum atomic E-state index is 5.33. The molecule has 0 bridgehead atoms. The molecule has 2 aromatic carbocycles.